The predicted molar refractivity (Wildman–Crippen MR) is 136 cm³/mol. The Morgan fingerprint density at radius 2 is 1.92 bits per heavy atom. The van der Waals surface area contributed by atoms with Crippen molar-refractivity contribution >= 4 is 17.5 Å². The maximum atomic E-state index is 12.4. The van der Waals surface area contributed by atoms with E-state index < -0.39 is 10.5 Å². The Kier molecular flexibility index (Phi) is 7.39. The summed E-state index contributed by atoms with van der Waals surface area (Å²) in [4.78, 5) is 30.1. The molecule has 4 rings (SSSR count). The van der Waals surface area contributed by atoms with Gasteiger partial charge in [-0.25, -0.2) is 4.79 Å². The number of nitrogens with zero attached hydrogens (tertiary/aromatic N) is 6. The lowest BCUT2D eigenvalue weighted by Crippen LogP contribution is -2.48. The second-order valence-corrected chi connectivity index (χ2v) is 10.6. The number of aromatic nitrogens is 2. The number of benzene rings is 1. The third-order valence-corrected chi connectivity index (χ3v) is 6.68. The number of aryl methyl sites for hydroxylation is 1. The number of nitro benzene ring substituents is 1. The summed E-state index contributed by atoms with van der Waals surface area (Å²) in [5, 5.41) is 15.9. The maximum absolute atomic E-state index is 12.4. The Bertz CT molecular complexity index is 1100. The van der Waals surface area contributed by atoms with E-state index in [1.807, 2.05) is 38.9 Å². The molecule has 2 saturated heterocycles. The van der Waals surface area contributed by atoms with Crippen molar-refractivity contribution in [2.24, 2.45) is 13.0 Å². The SMILES string of the molecule is COc1cc(N2CCN(C[C@@H]3CCN(C(=O)OC(C)(C)C)C3)CC2)c(-c2cnn(C)c2)cc1[N+](=O)[O-]. The molecule has 1 aromatic carbocycles. The highest BCUT2D eigenvalue weighted by Crippen LogP contribution is 2.40. The summed E-state index contributed by atoms with van der Waals surface area (Å²) in [5.74, 6) is 0.674. The highest BCUT2D eigenvalue weighted by atomic mass is 16.6. The Labute approximate surface area is 211 Å². The fourth-order valence-corrected chi connectivity index (χ4v) is 4.93. The van der Waals surface area contributed by atoms with Crippen LogP contribution in [0.3, 0.4) is 0 Å². The van der Waals surface area contributed by atoms with E-state index in [0.717, 1.165) is 69.0 Å². The smallest absolute Gasteiger partial charge is 0.410 e. The number of hydrogen-bond acceptors (Lipinski definition) is 8. The third-order valence-electron chi connectivity index (χ3n) is 6.68. The van der Waals surface area contributed by atoms with Crippen LogP contribution in [0.5, 0.6) is 5.75 Å². The Morgan fingerprint density at radius 1 is 1.19 bits per heavy atom. The van der Waals surface area contributed by atoms with Gasteiger partial charge in [0, 0.05) is 88.0 Å². The van der Waals surface area contributed by atoms with Gasteiger partial charge < -0.3 is 19.3 Å². The molecule has 0 unspecified atom stereocenters. The van der Waals surface area contributed by atoms with Crippen molar-refractivity contribution in [2.75, 3.05) is 57.8 Å². The van der Waals surface area contributed by atoms with Crippen molar-refractivity contribution in [1.29, 1.82) is 0 Å². The molecular formula is C25H36N6O5. The molecule has 0 spiro atoms. The summed E-state index contributed by atoms with van der Waals surface area (Å²) in [6.45, 7) is 11.4. The number of rotatable bonds is 6. The molecular weight excluding hydrogens is 464 g/mol. The van der Waals surface area contributed by atoms with Gasteiger partial charge in [-0.1, -0.05) is 0 Å². The maximum Gasteiger partial charge on any atom is 0.410 e. The molecule has 0 bridgehead atoms. The van der Waals surface area contributed by atoms with Crippen LogP contribution in [0, 0.1) is 16.0 Å². The number of carbonyl (C=O) groups excluding carboxylic acids is 1. The first-order valence-corrected chi connectivity index (χ1v) is 12.3. The van der Waals surface area contributed by atoms with E-state index in [9.17, 15) is 14.9 Å². The van der Waals surface area contributed by atoms with Crippen LogP contribution < -0.4 is 9.64 Å². The predicted octanol–water partition coefficient (Wildman–Crippen LogP) is 3.38. The van der Waals surface area contributed by atoms with Gasteiger partial charge in [-0.2, -0.15) is 5.10 Å². The van der Waals surface area contributed by atoms with Crippen LogP contribution in [-0.4, -0.2) is 89.1 Å². The number of amides is 1. The monoisotopic (exact) mass is 500 g/mol. The summed E-state index contributed by atoms with van der Waals surface area (Å²) in [5.41, 5.74) is 1.96. The largest absolute Gasteiger partial charge is 0.490 e. The van der Waals surface area contributed by atoms with Crippen molar-refractivity contribution < 1.29 is 19.2 Å². The second kappa shape index (κ2) is 10.3. The van der Waals surface area contributed by atoms with Crippen LogP contribution in [0.2, 0.25) is 0 Å². The molecule has 11 heteroatoms. The molecule has 36 heavy (non-hydrogen) atoms. The minimum atomic E-state index is -0.485. The number of methoxy groups -OCH3 is 1. The van der Waals surface area contributed by atoms with Gasteiger partial charge in [0.05, 0.1) is 18.2 Å². The van der Waals surface area contributed by atoms with E-state index in [2.05, 4.69) is 14.9 Å². The highest BCUT2D eigenvalue weighted by Gasteiger charge is 2.32. The van der Waals surface area contributed by atoms with Crippen molar-refractivity contribution in [3.8, 4) is 16.9 Å². The van der Waals surface area contributed by atoms with E-state index in [4.69, 9.17) is 9.47 Å². The molecule has 2 fully saturated rings. The van der Waals surface area contributed by atoms with Gasteiger partial charge in [-0.15, -0.1) is 0 Å². The van der Waals surface area contributed by atoms with Gasteiger partial charge in [0.1, 0.15) is 5.60 Å². The Hall–Kier alpha value is -3.34. The lowest BCUT2D eigenvalue weighted by Gasteiger charge is -2.38. The lowest BCUT2D eigenvalue weighted by molar-refractivity contribution is -0.385. The number of hydrogen-bond donors (Lipinski definition) is 0. The Balaban J connectivity index is 1.42. The fraction of sp³-hybridized carbons (Fsp3) is 0.600. The minimum absolute atomic E-state index is 0.0606. The van der Waals surface area contributed by atoms with Crippen LogP contribution in [0.15, 0.2) is 24.5 Å². The normalized spacial score (nSPS) is 19.0. The number of piperazine rings is 1. The third kappa shape index (κ3) is 5.89. The summed E-state index contributed by atoms with van der Waals surface area (Å²) in [7, 11) is 3.28. The second-order valence-electron chi connectivity index (χ2n) is 10.6. The molecule has 0 saturated carbocycles. The molecule has 196 valence electrons. The van der Waals surface area contributed by atoms with E-state index in [1.165, 1.54) is 7.11 Å². The standard InChI is InChI=1S/C25H36N6O5/c1-25(2,3)36-24(32)30-7-6-18(16-30)15-28-8-10-29(11-9-28)21-13-23(35-5)22(31(33)34)12-20(21)19-14-26-27(4)17-19/h12-14,17-18H,6-11,15-16H2,1-5H3/t18-/m0/s1. The number of anilines is 1. The van der Waals surface area contributed by atoms with E-state index in [-0.39, 0.29) is 17.5 Å². The van der Waals surface area contributed by atoms with E-state index in [0.29, 0.717) is 5.92 Å². The van der Waals surface area contributed by atoms with Crippen LogP contribution in [0.1, 0.15) is 27.2 Å². The fourth-order valence-electron chi connectivity index (χ4n) is 4.93. The zero-order valence-corrected chi connectivity index (χ0v) is 21.8. The molecule has 0 N–H and O–H groups in total. The zero-order chi connectivity index (χ0) is 26.0. The van der Waals surface area contributed by atoms with Crippen LogP contribution in [-0.2, 0) is 11.8 Å². The summed E-state index contributed by atoms with van der Waals surface area (Å²) >= 11 is 0. The molecule has 11 nitrogen and oxygen atoms in total. The first-order chi connectivity index (χ1) is 17.0. The van der Waals surface area contributed by atoms with Crippen LogP contribution in [0.4, 0.5) is 16.2 Å². The molecule has 0 radical (unpaired) electrons. The molecule has 0 aliphatic carbocycles. The van der Waals surface area contributed by atoms with E-state index >= 15 is 0 Å². The molecule has 2 aromatic rings. The zero-order valence-electron chi connectivity index (χ0n) is 21.8. The highest BCUT2D eigenvalue weighted by molar-refractivity contribution is 5.82. The topological polar surface area (TPSA) is 106 Å². The van der Waals surface area contributed by atoms with Crippen LogP contribution in [0.25, 0.3) is 11.1 Å². The van der Waals surface area contributed by atoms with Crippen LogP contribution >= 0.6 is 0 Å². The van der Waals surface area contributed by atoms with Gasteiger partial charge in [0.15, 0.2) is 5.75 Å². The van der Waals surface area contributed by atoms with E-state index in [1.54, 1.807) is 23.0 Å². The molecule has 1 aromatic heterocycles. The number of ether oxygens (including phenoxy) is 2. The van der Waals surface area contributed by atoms with Gasteiger partial charge in [0.25, 0.3) is 0 Å². The molecule has 2 aliphatic rings. The number of carbonyl (C=O) groups is 1. The lowest BCUT2D eigenvalue weighted by atomic mass is 10.0. The van der Waals surface area contributed by atoms with Crippen molar-refractivity contribution in [1.82, 2.24) is 19.6 Å². The van der Waals surface area contributed by atoms with Crippen molar-refractivity contribution in [3.05, 3.63) is 34.6 Å². The Morgan fingerprint density at radius 3 is 2.50 bits per heavy atom. The van der Waals surface area contributed by atoms with Crippen molar-refractivity contribution in [3.63, 3.8) is 0 Å². The summed E-state index contributed by atoms with van der Waals surface area (Å²) < 4.78 is 12.6. The van der Waals surface area contributed by atoms with Gasteiger partial charge >= 0.3 is 11.8 Å². The first kappa shape index (κ1) is 25.7. The molecule has 1 amide bonds. The molecule has 3 heterocycles. The average Bonchev–Trinajstić information content (AvgIpc) is 3.47. The minimum Gasteiger partial charge on any atom is -0.490 e. The summed E-state index contributed by atoms with van der Waals surface area (Å²) in [6, 6.07) is 3.35. The molecule has 2 aliphatic heterocycles. The van der Waals surface area contributed by atoms with Crippen molar-refractivity contribution in [2.45, 2.75) is 32.8 Å². The molecule has 1 atom stereocenters. The first-order valence-electron chi connectivity index (χ1n) is 12.3. The van der Waals surface area contributed by atoms with Gasteiger partial charge in [-0.05, 0) is 33.1 Å². The van der Waals surface area contributed by atoms with Gasteiger partial charge in [0.2, 0.25) is 0 Å². The van der Waals surface area contributed by atoms with Gasteiger partial charge in [-0.3, -0.25) is 19.7 Å². The number of nitro groups is 1. The summed E-state index contributed by atoms with van der Waals surface area (Å²) in [6.07, 6.45) is 4.33. The quantitative estimate of drug-likeness (QED) is 0.439. The number of likely N-dealkylation sites (tertiary alicyclic amines) is 1. The average molecular weight is 501 g/mol.